The Balaban J connectivity index is 1.53. The van der Waals surface area contributed by atoms with E-state index in [-0.39, 0.29) is 0 Å². The molecule has 0 unspecified atom stereocenters. The fourth-order valence-electron chi connectivity index (χ4n) is 2.67. The molecule has 0 radical (unpaired) electrons. The number of benzene rings is 1. The Morgan fingerprint density at radius 2 is 1.74 bits per heavy atom. The van der Waals surface area contributed by atoms with Gasteiger partial charge in [0.25, 0.3) is 0 Å². The molecule has 0 spiro atoms. The summed E-state index contributed by atoms with van der Waals surface area (Å²) in [6.45, 7) is 5.77. The first kappa shape index (κ1) is 12.5. The van der Waals surface area contributed by atoms with Gasteiger partial charge in [-0.2, -0.15) is 0 Å². The summed E-state index contributed by atoms with van der Waals surface area (Å²) in [5, 5.41) is 0. The minimum Gasteiger partial charge on any atom is -0.368 e. The second kappa shape index (κ2) is 5.24. The molecular formula is C16H22N2O. The molecule has 1 aromatic rings. The van der Waals surface area contributed by atoms with Gasteiger partial charge in [0.1, 0.15) is 0 Å². The van der Waals surface area contributed by atoms with Crippen molar-refractivity contribution in [1.29, 1.82) is 0 Å². The van der Waals surface area contributed by atoms with E-state index in [1.807, 2.05) is 4.90 Å². The quantitative estimate of drug-likeness (QED) is 0.831. The van der Waals surface area contributed by atoms with Gasteiger partial charge in [-0.3, -0.25) is 4.79 Å². The number of hydrogen-bond donors (Lipinski definition) is 0. The molecule has 0 N–H and O–H groups in total. The third-order valence-electron chi connectivity index (χ3n) is 4.19. The molecule has 1 amide bonds. The third kappa shape index (κ3) is 3.09. The number of piperazine rings is 1. The van der Waals surface area contributed by atoms with Crippen LogP contribution in [-0.4, -0.2) is 37.0 Å². The van der Waals surface area contributed by atoms with E-state index in [2.05, 4.69) is 36.1 Å². The molecule has 102 valence electrons. The van der Waals surface area contributed by atoms with Crippen molar-refractivity contribution < 1.29 is 4.79 Å². The molecule has 1 aromatic carbocycles. The van der Waals surface area contributed by atoms with E-state index < -0.39 is 0 Å². The lowest BCUT2D eigenvalue weighted by Crippen LogP contribution is -2.48. The molecule has 1 saturated heterocycles. The summed E-state index contributed by atoms with van der Waals surface area (Å²) < 4.78 is 0. The van der Waals surface area contributed by atoms with Gasteiger partial charge in [-0.1, -0.05) is 17.7 Å². The van der Waals surface area contributed by atoms with Crippen molar-refractivity contribution >= 4 is 11.6 Å². The van der Waals surface area contributed by atoms with Crippen molar-refractivity contribution in [2.24, 2.45) is 5.92 Å². The monoisotopic (exact) mass is 258 g/mol. The lowest BCUT2D eigenvalue weighted by atomic mass is 10.2. The first-order valence-corrected chi connectivity index (χ1v) is 7.32. The first-order chi connectivity index (χ1) is 9.22. The molecule has 3 nitrogen and oxygen atoms in total. The fraction of sp³-hybridized carbons (Fsp3) is 0.562. The molecule has 0 atom stereocenters. The van der Waals surface area contributed by atoms with Gasteiger partial charge in [0.2, 0.25) is 5.91 Å². The molecule has 1 aliphatic heterocycles. The van der Waals surface area contributed by atoms with E-state index in [9.17, 15) is 4.79 Å². The molecule has 19 heavy (non-hydrogen) atoms. The van der Waals surface area contributed by atoms with Gasteiger partial charge >= 0.3 is 0 Å². The van der Waals surface area contributed by atoms with Crippen LogP contribution in [0.1, 0.15) is 24.8 Å². The zero-order chi connectivity index (χ0) is 13.2. The van der Waals surface area contributed by atoms with Crippen LogP contribution in [0.25, 0.3) is 0 Å². The number of nitrogens with zero attached hydrogens (tertiary/aromatic N) is 2. The highest BCUT2D eigenvalue weighted by molar-refractivity contribution is 5.77. The second-order valence-corrected chi connectivity index (χ2v) is 5.85. The third-order valence-corrected chi connectivity index (χ3v) is 4.19. The van der Waals surface area contributed by atoms with Gasteiger partial charge in [-0.05, 0) is 37.8 Å². The van der Waals surface area contributed by atoms with Crippen LogP contribution in [0.15, 0.2) is 24.3 Å². The molecule has 3 heteroatoms. The molecule has 1 saturated carbocycles. The summed E-state index contributed by atoms with van der Waals surface area (Å²) in [6.07, 6.45) is 3.30. The number of rotatable bonds is 3. The average molecular weight is 258 g/mol. The normalized spacial score (nSPS) is 19.6. The van der Waals surface area contributed by atoms with E-state index in [1.165, 1.54) is 24.1 Å². The Hall–Kier alpha value is -1.51. The highest BCUT2D eigenvalue weighted by Crippen LogP contribution is 2.33. The minimum absolute atomic E-state index is 0.367. The summed E-state index contributed by atoms with van der Waals surface area (Å²) in [4.78, 5) is 16.5. The van der Waals surface area contributed by atoms with Crippen LogP contribution in [0.5, 0.6) is 0 Å². The molecule has 0 aromatic heterocycles. The number of hydrogen-bond acceptors (Lipinski definition) is 2. The van der Waals surface area contributed by atoms with Gasteiger partial charge in [0, 0.05) is 38.3 Å². The predicted molar refractivity (Wildman–Crippen MR) is 77.3 cm³/mol. The maximum atomic E-state index is 12.0. The molecule has 0 bridgehead atoms. The van der Waals surface area contributed by atoms with E-state index in [1.54, 1.807) is 0 Å². The van der Waals surface area contributed by atoms with Crippen LogP contribution in [0.3, 0.4) is 0 Å². The maximum Gasteiger partial charge on any atom is 0.222 e. The van der Waals surface area contributed by atoms with Crippen LogP contribution >= 0.6 is 0 Å². The van der Waals surface area contributed by atoms with Crippen molar-refractivity contribution in [2.75, 3.05) is 31.1 Å². The van der Waals surface area contributed by atoms with Gasteiger partial charge < -0.3 is 9.80 Å². The molecule has 2 fully saturated rings. The lowest BCUT2D eigenvalue weighted by Gasteiger charge is -2.36. The Labute approximate surface area is 115 Å². The number of carbonyl (C=O) groups is 1. The standard InChI is InChI=1S/C16H22N2O/c1-13-2-6-15(7-3-13)17-8-10-18(11-9-17)16(19)12-14-4-5-14/h2-3,6-7,14H,4-5,8-12H2,1H3. The lowest BCUT2D eigenvalue weighted by molar-refractivity contribution is -0.131. The minimum atomic E-state index is 0.367. The molecule has 3 rings (SSSR count). The largest absolute Gasteiger partial charge is 0.368 e. The van der Waals surface area contributed by atoms with Crippen LogP contribution in [0.2, 0.25) is 0 Å². The zero-order valence-electron chi connectivity index (χ0n) is 11.6. The van der Waals surface area contributed by atoms with Crippen LogP contribution in [-0.2, 0) is 4.79 Å². The van der Waals surface area contributed by atoms with E-state index in [0.717, 1.165) is 32.6 Å². The van der Waals surface area contributed by atoms with Gasteiger partial charge in [-0.25, -0.2) is 0 Å². The topological polar surface area (TPSA) is 23.6 Å². The highest BCUT2D eigenvalue weighted by atomic mass is 16.2. The van der Waals surface area contributed by atoms with Gasteiger partial charge in [0.15, 0.2) is 0 Å². The average Bonchev–Trinajstić information content (AvgIpc) is 3.24. The van der Waals surface area contributed by atoms with Crippen molar-refractivity contribution in [2.45, 2.75) is 26.2 Å². The molecule has 1 heterocycles. The van der Waals surface area contributed by atoms with Crippen LogP contribution in [0.4, 0.5) is 5.69 Å². The van der Waals surface area contributed by atoms with Crippen molar-refractivity contribution in [3.05, 3.63) is 29.8 Å². The Bertz CT molecular complexity index is 442. The zero-order valence-corrected chi connectivity index (χ0v) is 11.6. The summed E-state index contributed by atoms with van der Waals surface area (Å²) >= 11 is 0. The number of amides is 1. The maximum absolute atomic E-state index is 12.0. The molecular weight excluding hydrogens is 236 g/mol. The second-order valence-electron chi connectivity index (χ2n) is 5.85. The summed E-state index contributed by atoms with van der Waals surface area (Å²) in [5.74, 6) is 1.06. The van der Waals surface area contributed by atoms with Crippen molar-refractivity contribution in [3.63, 3.8) is 0 Å². The Kier molecular flexibility index (Phi) is 3.45. The van der Waals surface area contributed by atoms with Crippen molar-refractivity contribution in [1.82, 2.24) is 4.90 Å². The SMILES string of the molecule is Cc1ccc(N2CCN(C(=O)CC3CC3)CC2)cc1. The van der Waals surface area contributed by atoms with Crippen molar-refractivity contribution in [3.8, 4) is 0 Å². The van der Waals surface area contributed by atoms with E-state index >= 15 is 0 Å². The Morgan fingerprint density at radius 1 is 1.11 bits per heavy atom. The smallest absolute Gasteiger partial charge is 0.222 e. The first-order valence-electron chi connectivity index (χ1n) is 7.32. The van der Waals surface area contributed by atoms with Crippen LogP contribution in [0, 0.1) is 12.8 Å². The van der Waals surface area contributed by atoms with Gasteiger partial charge in [-0.15, -0.1) is 0 Å². The molecule has 1 aliphatic carbocycles. The van der Waals surface area contributed by atoms with E-state index in [0.29, 0.717) is 11.8 Å². The van der Waals surface area contributed by atoms with Gasteiger partial charge in [0.05, 0.1) is 0 Å². The molecule has 2 aliphatic rings. The summed E-state index contributed by atoms with van der Waals surface area (Å²) in [5.41, 5.74) is 2.57. The fourth-order valence-corrected chi connectivity index (χ4v) is 2.67. The highest BCUT2D eigenvalue weighted by Gasteiger charge is 2.28. The predicted octanol–water partition coefficient (Wildman–Crippen LogP) is 2.44. The summed E-state index contributed by atoms with van der Waals surface area (Å²) in [7, 11) is 0. The summed E-state index contributed by atoms with van der Waals surface area (Å²) in [6, 6.07) is 8.66. The number of anilines is 1. The number of carbonyl (C=O) groups excluding carboxylic acids is 1. The van der Waals surface area contributed by atoms with Crippen LogP contribution < -0.4 is 4.90 Å². The number of aryl methyl sites for hydroxylation is 1. The Morgan fingerprint density at radius 3 is 2.32 bits per heavy atom. The van der Waals surface area contributed by atoms with E-state index in [4.69, 9.17) is 0 Å².